The number of hydrogen-bond donors (Lipinski definition) is 1. The molecule has 6 heteroatoms. The van der Waals surface area contributed by atoms with Crippen molar-refractivity contribution in [2.45, 2.75) is 0 Å². The number of phenols is 1. The molecule has 0 aliphatic rings. The molecular formula is C16H10Br2N2OS. The Hall–Kier alpha value is -1.50. The quantitative estimate of drug-likeness (QED) is 0.527. The first-order valence-corrected chi connectivity index (χ1v) is 8.82. The van der Waals surface area contributed by atoms with Gasteiger partial charge in [0.1, 0.15) is 5.75 Å². The Balaban J connectivity index is 1.83. The molecule has 0 unspecified atom stereocenters. The Morgan fingerprint density at radius 1 is 1.05 bits per heavy atom. The summed E-state index contributed by atoms with van der Waals surface area (Å²) in [6.07, 6.45) is 1.62. The maximum Gasteiger partial charge on any atom is 0.209 e. The zero-order chi connectivity index (χ0) is 15.5. The van der Waals surface area contributed by atoms with E-state index < -0.39 is 0 Å². The monoisotopic (exact) mass is 436 g/mol. The molecule has 3 nitrogen and oxygen atoms in total. The second kappa shape index (κ2) is 6.73. The van der Waals surface area contributed by atoms with Gasteiger partial charge in [-0.15, -0.1) is 11.3 Å². The highest BCUT2D eigenvalue weighted by atomic mass is 79.9. The minimum absolute atomic E-state index is 0.191. The second-order valence-corrected chi connectivity index (χ2v) is 7.15. The SMILES string of the molecule is Oc1ccc(Br)cc1/C=N/c1nc(-c2ccc(Br)cc2)cs1. The fourth-order valence-corrected chi connectivity index (χ4v) is 3.14. The molecule has 0 spiro atoms. The Labute approximate surface area is 148 Å². The van der Waals surface area contributed by atoms with Crippen LogP contribution in [0.2, 0.25) is 0 Å². The Kier molecular flexibility index (Phi) is 4.71. The summed E-state index contributed by atoms with van der Waals surface area (Å²) in [5.74, 6) is 0.191. The van der Waals surface area contributed by atoms with Gasteiger partial charge in [-0.1, -0.05) is 44.0 Å². The van der Waals surface area contributed by atoms with Crippen LogP contribution in [0, 0.1) is 0 Å². The Bertz CT molecular complexity index is 828. The molecule has 2 aromatic carbocycles. The minimum atomic E-state index is 0.191. The van der Waals surface area contributed by atoms with E-state index >= 15 is 0 Å². The molecule has 110 valence electrons. The van der Waals surface area contributed by atoms with Gasteiger partial charge in [0.25, 0.3) is 0 Å². The van der Waals surface area contributed by atoms with Crippen molar-refractivity contribution < 1.29 is 5.11 Å². The zero-order valence-corrected chi connectivity index (χ0v) is 15.2. The number of phenolic OH excluding ortho intramolecular Hbond substituents is 1. The van der Waals surface area contributed by atoms with Gasteiger partial charge >= 0.3 is 0 Å². The molecule has 0 aliphatic heterocycles. The van der Waals surface area contributed by atoms with Gasteiger partial charge in [0.2, 0.25) is 5.13 Å². The number of halogens is 2. The molecule has 1 aromatic heterocycles. The summed E-state index contributed by atoms with van der Waals surface area (Å²) in [6.45, 7) is 0. The van der Waals surface area contributed by atoms with Crippen LogP contribution in [0.25, 0.3) is 11.3 Å². The van der Waals surface area contributed by atoms with E-state index in [-0.39, 0.29) is 5.75 Å². The summed E-state index contributed by atoms with van der Waals surface area (Å²) < 4.78 is 1.93. The topological polar surface area (TPSA) is 45.5 Å². The Morgan fingerprint density at radius 2 is 1.77 bits per heavy atom. The highest BCUT2D eigenvalue weighted by molar-refractivity contribution is 9.10. The van der Waals surface area contributed by atoms with E-state index in [2.05, 4.69) is 41.8 Å². The van der Waals surface area contributed by atoms with Crippen LogP contribution in [0.5, 0.6) is 5.75 Å². The summed E-state index contributed by atoms with van der Waals surface area (Å²) in [5.41, 5.74) is 2.59. The van der Waals surface area contributed by atoms with Gasteiger partial charge in [0, 0.05) is 31.7 Å². The first kappa shape index (κ1) is 15.4. The van der Waals surface area contributed by atoms with E-state index in [0.29, 0.717) is 10.7 Å². The van der Waals surface area contributed by atoms with Gasteiger partial charge in [0.05, 0.1) is 5.69 Å². The lowest BCUT2D eigenvalue weighted by Gasteiger charge is -1.98. The highest BCUT2D eigenvalue weighted by Gasteiger charge is 2.04. The lowest BCUT2D eigenvalue weighted by molar-refractivity contribution is 0.474. The largest absolute Gasteiger partial charge is 0.507 e. The maximum absolute atomic E-state index is 9.79. The van der Waals surface area contributed by atoms with E-state index in [1.807, 2.05) is 35.7 Å². The molecule has 0 atom stereocenters. The van der Waals surface area contributed by atoms with Crippen LogP contribution in [-0.4, -0.2) is 16.3 Å². The van der Waals surface area contributed by atoms with Crippen molar-refractivity contribution in [3.8, 4) is 17.0 Å². The van der Waals surface area contributed by atoms with Gasteiger partial charge in [-0.3, -0.25) is 0 Å². The average molecular weight is 438 g/mol. The average Bonchev–Trinajstić information content (AvgIpc) is 2.98. The molecule has 0 saturated carbocycles. The van der Waals surface area contributed by atoms with Gasteiger partial charge in [-0.25, -0.2) is 9.98 Å². The van der Waals surface area contributed by atoms with Crippen LogP contribution in [0.3, 0.4) is 0 Å². The van der Waals surface area contributed by atoms with E-state index in [0.717, 1.165) is 20.2 Å². The van der Waals surface area contributed by atoms with Crippen molar-refractivity contribution >= 4 is 54.5 Å². The van der Waals surface area contributed by atoms with Gasteiger partial charge in [-0.05, 0) is 30.3 Å². The number of nitrogens with zero attached hydrogens (tertiary/aromatic N) is 2. The molecule has 0 fully saturated rings. The molecule has 3 aromatic rings. The molecule has 0 saturated heterocycles. The maximum atomic E-state index is 9.79. The number of rotatable bonds is 3. The fraction of sp³-hybridized carbons (Fsp3) is 0. The van der Waals surface area contributed by atoms with Gasteiger partial charge in [0.15, 0.2) is 0 Å². The highest BCUT2D eigenvalue weighted by Crippen LogP contribution is 2.28. The van der Waals surface area contributed by atoms with Crippen molar-refractivity contribution in [1.82, 2.24) is 4.98 Å². The van der Waals surface area contributed by atoms with Crippen LogP contribution in [0.15, 0.2) is 61.8 Å². The third kappa shape index (κ3) is 3.63. The second-order valence-electron chi connectivity index (χ2n) is 4.48. The predicted octanol–water partition coefficient (Wildman–Crippen LogP) is 5.79. The molecule has 0 radical (unpaired) electrons. The number of aromatic nitrogens is 1. The number of benzene rings is 2. The third-order valence-corrected chi connectivity index (χ3v) is 4.71. The normalized spacial score (nSPS) is 11.2. The third-order valence-electron chi connectivity index (χ3n) is 2.94. The summed E-state index contributed by atoms with van der Waals surface area (Å²) >= 11 is 8.25. The number of hydrogen-bond acceptors (Lipinski definition) is 4. The van der Waals surface area contributed by atoms with E-state index in [4.69, 9.17) is 0 Å². The smallest absolute Gasteiger partial charge is 0.209 e. The minimum Gasteiger partial charge on any atom is -0.507 e. The van der Waals surface area contributed by atoms with E-state index in [1.54, 1.807) is 18.3 Å². The predicted molar refractivity (Wildman–Crippen MR) is 98.3 cm³/mol. The van der Waals surface area contributed by atoms with Crippen LogP contribution in [-0.2, 0) is 0 Å². The van der Waals surface area contributed by atoms with Crippen LogP contribution < -0.4 is 0 Å². The summed E-state index contributed by atoms with van der Waals surface area (Å²) in [5, 5.41) is 12.4. The number of aliphatic imine (C=N–C) groups is 1. The van der Waals surface area contributed by atoms with Gasteiger partial charge < -0.3 is 5.11 Å². The lowest BCUT2D eigenvalue weighted by Crippen LogP contribution is -1.82. The van der Waals surface area contributed by atoms with Crippen molar-refractivity contribution in [1.29, 1.82) is 0 Å². The molecule has 0 aliphatic carbocycles. The first-order valence-electron chi connectivity index (χ1n) is 6.36. The molecule has 22 heavy (non-hydrogen) atoms. The first-order chi connectivity index (χ1) is 10.6. The molecule has 1 N–H and O–H groups in total. The van der Waals surface area contributed by atoms with Crippen LogP contribution >= 0.6 is 43.2 Å². The summed E-state index contributed by atoms with van der Waals surface area (Å²) in [7, 11) is 0. The van der Waals surface area contributed by atoms with Crippen LogP contribution in [0.1, 0.15) is 5.56 Å². The van der Waals surface area contributed by atoms with E-state index in [9.17, 15) is 5.11 Å². The van der Waals surface area contributed by atoms with Crippen molar-refractivity contribution in [3.05, 3.63) is 62.4 Å². The van der Waals surface area contributed by atoms with Gasteiger partial charge in [-0.2, -0.15) is 0 Å². The summed E-state index contributed by atoms with van der Waals surface area (Å²) in [6, 6.07) is 13.2. The lowest BCUT2D eigenvalue weighted by atomic mass is 10.2. The fourth-order valence-electron chi connectivity index (χ4n) is 1.83. The van der Waals surface area contributed by atoms with Crippen molar-refractivity contribution in [2.75, 3.05) is 0 Å². The van der Waals surface area contributed by atoms with Crippen molar-refractivity contribution in [2.24, 2.45) is 4.99 Å². The molecule has 0 amide bonds. The zero-order valence-electron chi connectivity index (χ0n) is 11.2. The standard InChI is InChI=1S/C16H10Br2N2OS/c17-12-3-1-10(2-4-12)14-9-22-16(20-14)19-8-11-7-13(18)5-6-15(11)21/h1-9,21H/b19-8+. The number of aromatic hydroxyl groups is 1. The molecule has 0 bridgehead atoms. The molecule has 3 rings (SSSR count). The number of thiazole rings is 1. The Morgan fingerprint density at radius 3 is 2.55 bits per heavy atom. The molecular weight excluding hydrogens is 428 g/mol. The van der Waals surface area contributed by atoms with E-state index in [1.165, 1.54) is 11.3 Å². The van der Waals surface area contributed by atoms with Crippen LogP contribution in [0.4, 0.5) is 5.13 Å². The van der Waals surface area contributed by atoms with Crippen molar-refractivity contribution in [3.63, 3.8) is 0 Å². The molecule has 1 heterocycles. The summed E-state index contributed by atoms with van der Waals surface area (Å²) in [4.78, 5) is 8.82.